The van der Waals surface area contributed by atoms with Crippen LogP contribution in [0.1, 0.15) is 23.2 Å². The number of benzene rings is 1. The fourth-order valence-electron chi connectivity index (χ4n) is 1.76. The molecule has 96 valence electrons. The van der Waals surface area contributed by atoms with Gasteiger partial charge in [-0.25, -0.2) is 0 Å². The van der Waals surface area contributed by atoms with Crippen molar-refractivity contribution in [2.75, 3.05) is 0 Å². The summed E-state index contributed by atoms with van der Waals surface area (Å²) in [6.07, 6.45) is 2.15. The summed E-state index contributed by atoms with van der Waals surface area (Å²) in [6.45, 7) is 0. The highest BCUT2D eigenvalue weighted by Crippen LogP contribution is 2.33. The van der Waals surface area contributed by atoms with E-state index >= 15 is 0 Å². The number of thiocarbonyl (C=S) groups is 1. The van der Waals surface area contributed by atoms with Gasteiger partial charge in [-0.3, -0.25) is 4.79 Å². The van der Waals surface area contributed by atoms with E-state index in [1.54, 1.807) is 12.1 Å². The monoisotopic (exact) mass is 390 g/mol. The van der Waals surface area contributed by atoms with Crippen LogP contribution in [0.2, 0.25) is 0 Å². The lowest BCUT2D eigenvalue weighted by Gasteiger charge is -2.16. The molecule has 1 atom stereocenters. The summed E-state index contributed by atoms with van der Waals surface area (Å²) in [4.78, 5) is 12.5. The highest BCUT2D eigenvalue weighted by atomic mass is 79.9. The first-order chi connectivity index (χ1) is 8.47. The van der Waals surface area contributed by atoms with Crippen molar-refractivity contribution in [1.82, 2.24) is 5.32 Å². The van der Waals surface area contributed by atoms with Gasteiger partial charge in [0.1, 0.15) is 0 Å². The Labute approximate surface area is 128 Å². The van der Waals surface area contributed by atoms with Crippen LogP contribution in [0, 0.1) is 5.92 Å². The zero-order chi connectivity index (χ0) is 13.3. The van der Waals surface area contributed by atoms with E-state index in [9.17, 15) is 4.79 Å². The van der Waals surface area contributed by atoms with Gasteiger partial charge in [-0.05, 0) is 37.0 Å². The van der Waals surface area contributed by atoms with E-state index in [1.165, 1.54) is 0 Å². The zero-order valence-corrected chi connectivity index (χ0v) is 13.4. The summed E-state index contributed by atoms with van der Waals surface area (Å²) in [5.41, 5.74) is 6.24. The molecule has 3 N–H and O–H groups in total. The van der Waals surface area contributed by atoms with E-state index < -0.39 is 0 Å². The Hall–Kier alpha value is -0.460. The van der Waals surface area contributed by atoms with E-state index in [-0.39, 0.29) is 11.9 Å². The minimum Gasteiger partial charge on any atom is -0.392 e. The van der Waals surface area contributed by atoms with Gasteiger partial charge in [0.25, 0.3) is 5.91 Å². The zero-order valence-electron chi connectivity index (χ0n) is 9.45. The molecule has 1 unspecified atom stereocenters. The minimum absolute atomic E-state index is 0.151. The van der Waals surface area contributed by atoms with Gasteiger partial charge in [0.05, 0.1) is 11.0 Å². The molecule has 1 aliphatic carbocycles. The third-order valence-electron chi connectivity index (χ3n) is 2.81. The second kappa shape index (κ2) is 5.67. The molecule has 3 nitrogen and oxygen atoms in total. The predicted molar refractivity (Wildman–Crippen MR) is 82.6 cm³/mol. The van der Waals surface area contributed by atoms with Crippen molar-refractivity contribution < 1.29 is 4.79 Å². The number of halogens is 2. The van der Waals surface area contributed by atoms with E-state index in [0.29, 0.717) is 16.5 Å². The van der Waals surface area contributed by atoms with Crippen molar-refractivity contribution in [2.24, 2.45) is 11.7 Å². The number of nitrogens with one attached hydrogen (secondary N) is 1. The molecule has 0 aliphatic heterocycles. The van der Waals surface area contributed by atoms with Gasteiger partial charge in [0.15, 0.2) is 0 Å². The predicted octanol–water partition coefficient (Wildman–Crippen LogP) is 3.01. The lowest BCUT2D eigenvalue weighted by molar-refractivity contribution is 0.0943. The quantitative estimate of drug-likeness (QED) is 0.775. The molecule has 0 heterocycles. The van der Waals surface area contributed by atoms with Crippen molar-refractivity contribution in [3.8, 4) is 0 Å². The first-order valence-corrected chi connectivity index (χ1v) is 7.53. The Morgan fingerprint density at radius 3 is 2.33 bits per heavy atom. The summed E-state index contributed by atoms with van der Waals surface area (Å²) in [6, 6.07) is 5.22. The summed E-state index contributed by atoms with van der Waals surface area (Å²) in [5.74, 6) is 0.253. The van der Waals surface area contributed by atoms with Gasteiger partial charge in [0.2, 0.25) is 0 Å². The molecule has 1 aromatic carbocycles. The molecule has 18 heavy (non-hydrogen) atoms. The average Bonchev–Trinajstić information content (AvgIpc) is 3.07. The highest BCUT2D eigenvalue weighted by molar-refractivity contribution is 9.11. The largest absolute Gasteiger partial charge is 0.392 e. The summed E-state index contributed by atoms with van der Waals surface area (Å²) in [7, 11) is 0. The molecule has 1 aromatic rings. The van der Waals surface area contributed by atoms with Crippen LogP contribution in [0.3, 0.4) is 0 Å². The fourth-order valence-corrected chi connectivity index (χ4v) is 3.31. The number of rotatable bonds is 4. The Kier molecular flexibility index (Phi) is 4.40. The average molecular weight is 392 g/mol. The maximum absolute atomic E-state index is 12.1. The maximum Gasteiger partial charge on any atom is 0.251 e. The lowest BCUT2D eigenvalue weighted by atomic mass is 10.1. The molecule has 1 aliphatic rings. The molecule has 1 fully saturated rings. The molecule has 0 spiro atoms. The SMILES string of the molecule is NC(=S)C(NC(=O)c1cc(Br)cc(Br)c1)C1CC1. The van der Waals surface area contributed by atoms with E-state index in [0.717, 1.165) is 21.8 Å². The van der Waals surface area contributed by atoms with Gasteiger partial charge in [-0.1, -0.05) is 44.1 Å². The summed E-state index contributed by atoms with van der Waals surface area (Å²) in [5, 5.41) is 2.90. The summed E-state index contributed by atoms with van der Waals surface area (Å²) < 4.78 is 1.70. The van der Waals surface area contributed by atoms with Crippen LogP contribution >= 0.6 is 44.1 Å². The molecule has 1 saturated carbocycles. The van der Waals surface area contributed by atoms with Crippen LogP contribution < -0.4 is 11.1 Å². The third-order valence-corrected chi connectivity index (χ3v) is 3.98. The normalized spacial score (nSPS) is 16.1. The Balaban J connectivity index is 2.13. The number of hydrogen-bond acceptors (Lipinski definition) is 2. The molecular weight excluding hydrogens is 380 g/mol. The molecule has 0 saturated heterocycles. The maximum atomic E-state index is 12.1. The number of carbonyl (C=O) groups is 1. The van der Waals surface area contributed by atoms with Gasteiger partial charge in [0, 0.05) is 14.5 Å². The van der Waals surface area contributed by atoms with Gasteiger partial charge >= 0.3 is 0 Å². The van der Waals surface area contributed by atoms with Crippen LogP contribution in [0.15, 0.2) is 27.1 Å². The van der Waals surface area contributed by atoms with E-state index in [2.05, 4.69) is 37.2 Å². The molecular formula is C12H12Br2N2OS. The summed E-state index contributed by atoms with van der Waals surface area (Å²) >= 11 is 11.7. The van der Waals surface area contributed by atoms with Crippen molar-refractivity contribution in [3.05, 3.63) is 32.7 Å². The van der Waals surface area contributed by atoms with Gasteiger partial charge < -0.3 is 11.1 Å². The first-order valence-electron chi connectivity index (χ1n) is 5.53. The standard InChI is InChI=1S/C12H12Br2N2OS/c13-8-3-7(4-9(14)5-8)12(17)16-10(11(15)18)6-1-2-6/h3-6,10H,1-2H2,(H2,15,18)(H,16,17). The van der Waals surface area contributed by atoms with E-state index in [1.807, 2.05) is 6.07 Å². The number of amides is 1. The Morgan fingerprint density at radius 2 is 1.89 bits per heavy atom. The minimum atomic E-state index is -0.190. The second-order valence-corrected chi connectivity index (χ2v) is 6.65. The topological polar surface area (TPSA) is 55.1 Å². The van der Waals surface area contributed by atoms with Crippen molar-refractivity contribution in [2.45, 2.75) is 18.9 Å². The van der Waals surface area contributed by atoms with Crippen LogP contribution in [-0.2, 0) is 0 Å². The van der Waals surface area contributed by atoms with Crippen LogP contribution in [-0.4, -0.2) is 16.9 Å². The number of nitrogens with two attached hydrogens (primary N) is 1. The Morgan fingerprint density at radius 1 is 1.33 bits per heavy atom. The van der Waals surface area contributed by atoms with Crippen molar-refractivity contribution in [3.63, 3.8) is 0 Å². The molecule has 0 aromatic heterocycles. The smallest absolute Gasteiger partial charge is 0.251 e. The Bertz CT molecular complexity index is 483. The molecule has 6 heteroatoms. The van der Waals surface area contributed by atoms with E-state index in [4.69, 9.17) is 18.0 Å². The third kappa shape index (κ3) is 3.52. The second-order valence-electron chi connectivity index (χ2n) is 4.35. The molecule has 2 rings (SSSR count). The molecule has 1 amide bonds. The fraction of sp³-hybridized carbons (Fsp3) is 0.333. The van der Waals surface area contributed by atoms with Gasteiger partial charge in [-0.2, -0.15) is 0 Å². The highest BCUT2D eigenvalue weighted by Gasteiger charge is 2.34. The lowest BCUT2D eigenvalue weighted by Crippen LogP contribution is -2.45. The van der Waals surface area contributed by atoms with Crippen molar-refractivity contribution >= 4 is 55.0 Å². The molecule has 0 radical (unpaired) electrons. The number of carbonyl (C=O) groups excluding carboxylic acids is 1. The van der Waals surface area contributed by atoms with Crippen LogP contribution in [0.25, 0.3) is 0 Å². The van der Waals surface area contributed by atoms with Crippen LogP contribution in [0.4, 0.5) is 0 Å². The van der Waals surface area contributed by atoms with Crippen LogP contribution in [0.5, 0.6) is 0 Å². The number of hydrogen-bond donors (Lipinski definition) is 2. The van der Waals surface area contributed by atoms with Crippen molar-refractivity contribution in [1.29, 1.82) is 0 Å². The molecule has 0 bridgehead atoms. The van der Waals surface area contributed by atoms with Gasteiger partial charge in [-0.15, -0.1) is 0 Å². The first kappa shape index (κ1) is 14.0.